The lowest BCUT2D eigenvalue weighted by atomic mass is 9.92. The average Bonchev–Trinajstić information content (AvgIpc) is 2.65. The van der Waals surface area contributed by atoms with E-state index in [1.165, 1.54) is 29.5 Å². The third-order valence-electron chi connectivity index (χ3n) is 5.21. The monoisotopic (exact) mass is 365 g/mol. The molecule has 0 unspecified atom stereocenters. The summed E-state index contributed by atoms with van der Waals surface area (Å²) in [5.74, 6) is 0.759. The average molecular weight is 366 g/mol. The zero-order valence-corrected chi connectivity index (χ0v) is 16.8. The van der Waals surface area contributed by atoms with Crippen LogP contribution in [0.3, 0.4) is 0 Å². The maximum absolute atomic E-state index is 12.8. The van der Waals surface area contributed by atoms with E-state index in [1.807, 2.05) is 31.2 Å². The van der Waals surface area contributed by atoms with Gasteiger partial charge in [-0.2, -0.15) is 0 Å². The summed E-state index contributed by atoms with van der Waals surface area (Å²) in [6.07, 6.45) is 5.73. The van der Waals surface area contributed by atoms with Gasteiger partial charge in [0.1, 0.15) is 5.75 Å². The van der Waals surface area contributed by atoms with Crippen LogP contribution in [-0.4, -0.2) is 17.6 Å². The third kappa shape index (κ3) is 5.35. The molecule has 1 atom stereocenters. The van der Waals surface area contributed by atoms with Crippen LogP contribution in [0.4, 0.5) is 0 Å². The number of amides is 1. The Bertz CT molecular complexity index is 767. The van der Waals surface area contributed by atoms with E-state index in [0.29, 0.717) is 6.42 Å². The summed E-state index contributed by atoms with van der Waals surface area (Å²) in [6, 6.07) is 16.5. The predicted molar refractivity (Wildman–Crippen MR) is 110 cm³/mol. The van der Waals surface area contributed by atoms with Gasteiger partial charge in [0, 0.05) is 5.54 Å². The Morgan fingerprint density at radius 1 is 1.07 bits per heavy atom. The normalized spacial score (nSPS) is 14.9. The molecule has 1 N–H and O–H groups in total. The first kappa shape index (κ1) is 19.5. The largest absolute Gasteiger partial charge is 0.481 e. The minimum Gasteiger partial charge on any atom is -0.481 e. The second-order valence-corrected chi connectivity index (χ2v) is 8.19. The summed E-state index contributed by atoms with van der Waals surface area (Å²) in [7, 11) is 0. The van der Waals surface area contributed by atoms with Crippen LogP contribution >= 0.6 is 0 Å². The van der Waals surface area contributed by atoms with Crippen molar-refractivity contribution in [3.8, 4) is 5.75 Å². The first-order chi connectivity index (χ1) is 13.0. The molecule has 0 radical (unpaired) electrons. The Morgan fingerprint density at radius 3 is 2.48 bits per heavy atom. The smallest absolute Gasteiger partial charge is 0.261 e. The zero-order valence-electron chi connectivity index (χ0n) is 16.8. The lowest BCUT2D eigenvalue weighted by molar-refractivity contribution is -0.129. The molecule has 0 spiro atoms. The summed E-state index contributed by atoms with van der Waals surface area (Å²) in [5, 5.41) is 3.17. The molecule has 27 heavy (non-hydrogen) atoms. The molecule has 2 aromatic carbocycles. The van der Waals surface area contributed by atoms with E-state index in [9.17, 15) is 4.79 Å². The van der Waals surface area contributed by atoms with Gasteiger partial charge in [0.05, 0.1) is 0 Å². The van der Waals surface area contributed by atoms with Gasteiger partial charge in [-0.1, -0.05) is 43.3 Å². The van der Waals surface area contributed by atoms with Crippen LogP contribution in [0.1, 0.15) is 56.7 Å². The first-order valence-corrected chi connectivity index (χ1v) is 10.1. The highest BCUT2D eigenvalue weighted by molar-refractivity contribution is 5.81. The quantitative estimate of drug-likeness (QED) is 0.761. The molecule has 3 heteroatoms. The van der Waals surface area contributed by atoms with Crippen molar-refractivity contribution in [2.24, 2.45) is 0 Å². The summed E-state index contributed by atoms with van der Waals surface area (Å²) in [6.45, 7) is 6.11. The van der Waals surface area contributed by atoms with Crippen molar-refractivity contribution in [1.82, 2.24) is 5.32 Å². The number of fused-ring (bicyclic) bond motifs is 1. The van der Waals surface area contributed by atoms with Gasteiger partial charge >= 0.3 is 0 Å². The molecule has 1 aliphatic carbocycles. The number of nitrogens with one attached hydrogen (secondary N) is 1. The fraction of sp³-hybridized carbons (Fsp3) is 0.458. The highest BCUT2D eigenvalue weighted by atomic mass is 16.5. The van der Waals surface area contributed by atoms with Crippen molar-refractivity contribution in [1.29, 1.82) is 0 Å². The molecule has 0 heterocycles. The van der Waals surface area contributed by atoms with Crippen LogP contribution in [0.15, 0.2) is 48.5 Å². The van der Waals surface area contributed by atoms with Gasteiger partial charge in [0.25, 0.3) is 5.91 Å². The number of hydrogen-bond donors (Lipinski definition) is 1. The van der Waals surface area contributed by atoms with Crippen molar-refractivity contribution in [2.45, 2.75) is 70.9 Å². The van der Waals surface area contributed by atoms with Crippen LogP contribution in [0, 0.1) is 0 Å². The van der Waals surface area contributed by atoms with E-state index in [-0.39, 0.29) is 11.4 Å². The molecule has 0 aliphatic heterocycles. The summed E-state index contributed by atoms with van der Waals surface area (Å²) in [5.41, 5.74) is 3.69. The summed E-state index contributed by atoms with van der Waals surface area (Å²) >= 11 is 0. The van der Waals surface area contributed by atoms with E-state index in [0.717, 1.165) is 25.0 Å². The van der Waals surface area contributed by atoms with Gasteiger partial charge in [0.15, 0.2) is 6.10 Å². The maximum atomic E-state index is 12.8. The summed E-state index contributed by atoms with van der Waals surface area (Å²) < 4.78 is 6.08. The van der Waals surface area contributed by atoms with Gasteiger partial charge < -0.3 is 10.1 Å². The molecule has 3 nitrogen and oxygen atoms in total. The van der Waals surface area contributed by atoms with E-state index < -0.39 is 6.10 Å². The standard InChI is InChI=1S/C24H31NO2/c1-4-22(27-21-15-14-19-12-8-9-13-20(19)16-21)23(26)25-24(2,3)17-18-10-6-5-7-11-18/h5-7,10-11,14-16,22H,4,8-9,12-13,17H2,1-3H3,(H,25,26)/t22-/m1/s1. The number of carbonyl (C=O) groups is 1. The van der Waals surface area contributed by atoms with Crippen molar-refractivity contribution in [3.63, 3.8) is 0 Å². The van der Waals surface area contributed by atoms with E-state index in [4.69, 9.17) is 4.74 Å². The van der Waals surface area contributed by atoms with Gasteiger partial charge in [-0.25, -0.2) is 0 Å². The molecule has 0 saturated carbocycles. The van der Waals surface area contributed by atoms with Gasteiger partial charge in [-0.15, -0.1) is 0 Å². The SMILES string of the molecule is CC[C@@H](Oc1ccc2c(c1)CCCC2)C(=O)NC(C)(C)Cc1ccccc1. The Labute approximate surface area is 163 Å². The van der Waals surface area contributed by atoms with Crippen molar-refractivity contribution < 1.29 is 9.53 Å². The number of rotatable bonds is 7. The zero-order chi connectivity index (χ0) is 19.3. The van der Waals surface area contributed by atoms with Crippen LogP contribution < -0.4 is 10.1 Å². The molecule has 3 rings (SSSR count). The summed E-state index contributed by atoms with van der Waals surface area (Å²) in [4.78, 5) is 12.8. The van der Waals surface area contributed by atoms with Crippen molar-refractivity contribution in [2.75, 3.05) is 0 Å². The number of aryl methyl sites for hydroxylation is 2. The second-order valence-electron chi connectivity index (χ2n) is 8.19. The Balaban J connectivity index is 1.63. The highest BCUT2D eigenvalue weighted by Crippen LogP contribution is 2.26. The molecule has 0 bridgehead atoms. The molecule has 2 aromatic rings. The van der Waals surface area contributed by atoms with E-state index in [1.54, 1.807) is 0 Å². The fourth-order valence-corrected chi connectivity index (χ4v) is 3.83. The highest BCUT2D eigenvalue weighted by Gasteiger charge is 2.26. The Morgan fingerprint density at radius 2 is 1.78 bits per heavy atom. The molecule has 1 aliphatic rings. The fourth-order valence-electron chi connectivity index (χ4n) is 3.83. The number of benzene rings is 2. The minimum absolute atomic E-state index is 0.0452. The van der Waals surface area contributed by atoms with E-state index in [2.05, 4.69) is 43.4 Å². The molecule has 144 valence electrons. The number of ether oxygens (including phenoxy) is 1. The number of carbonyl (C=O) groups excluding carboxylic acids is 1. The van der Waals surface area contributed by atoms with Crippen LogP contribution in [0.2, 0.25) is 0 Å². The van der Waals surface area contributed by atoms with Crippen LogP contribution in [0.25, 0.3) is 0 Å². The van der Waals surface area contributed by atoms with Gasteiger partial charge in [-0.3, -0.25) is 4.79 Å². The van der Waals surface area contributed by atoms with Crippen molar-refractivity contribution in [3.05, 3.63) is 65.2 Å². The first-order valence-electron chi connectivity index (χ1n) is 10.1. The Hall–Kier alpha value is -2.29. The lowest BCUT2D eigenvalue weighted by Crippen LogP contribution is -2.50. The molecule has 0 saturated heterocycles. The van der Waals surface area contributed by atoms with Crippen molar-refractivity contribution >= 4 is 5.91 Å². The third-order valence-corrected chi connectivity index (χ3v) is 5.21. The lowest BCUT2D eigenvalue weighted by Gasteiger charge is -2.29. The molecular formula is C24H31NO2. The predicted octanol–water partition coefficient (Wildman–Crippen LogP) is 4.86. The molecule has 1 amide bonds. The topological polar surface area (TPSA) is 38.3 Å². The number of hydrogen-bond acceptors (Lipinski definition) is 2. The molecule has 0 fully saturated rings. The van der Waals surface area contributed by atoms with Crippen LogP contribution in [0.5, 0.6) is 5.75 Å². The Kier molecular flexibility index (Phi) is 6.20. The molecule has 0 aromatic heterocycles. The molecular weight excluding hydrogens is 334 g/mol. The van der Waals surface area contributed by atoms with Gasteiger partial charge in [-0.05, 0) is 81.2 Å². The second kappa shape index (κ2) is 8.60. The van der Waals surface area contributed by atoms with Gasteiger partial charge in [0.2, 0.25) is 0 Å². The van der Waals surface area contributed by atoms with E-state index >= 15 is 0 Å². The van der Waals surface area contributed by atoms with Crippen LogP contribution in [-0.2, 0) is 24.1 Å². The minimum atomic E-state index is -0.471. The maximum Gasteiger partial charge on any atom is 0.261 e.